The highest BCUT2D eigenvalue weighted by molar-refractivity contribution is 7.18. The van der Waals surface area contributed by atoms with Gasteiger partial charge in [0, 0.05) is 18.8 Å². The Labute approximate surface area is 161 Å². The Bertz CT molecular complexity index is 1070. The highest BCUT2D eigenvalue weighted by atomic mass is 32.1. The Morgan fingerprint density at radius 3 is 2.85 bits per heavy atom. The van der Waals surface area contributed by atoms with E-state index in [0.29, 0.717) is 0 Å². The van der Waals surface area contributed by atoms with Crippen LogP contribution in [0.25, 0.3) is 16.3 Å². The minimum absolute atomic E-state index is 0.0832. The largest absolute Gasteiger partial charge is 0.326 e. The molecule has 0 radical (unpaired) electrons. The number of carbonyl (C=O) groups is 2. The van der Waals surface area contributed by atoms with E-state index in [2.05, 4.69) is 10.3 Å². The molecule has 3 aromatic rings. The van der Waals surface area contributed by atoms with Gasteiger partial charge in [0.05, 0.1) is 27.7 Å². The summed E-state index contributed by atoms with van der Waals surface area (Å²) in [6.07, 6.45) is 3.86. The van der Waals surface area contributed by atoms with Crippen molar-refractivity contribution < 1.29 is 9.59 Å². The number of rotatable bonds is 3. The van der Waals surface area contributed by atoms with Gasteiger partial charge in [-0.3, -0.25) is 9.59 Å². The molecule has 6 heteroatoms. The fourth-order valence-electron chi connectivity index (χ4n) is 3.42. The van der Waals surface area contributed by atoms with E-state index in [4.69, 9.17) is 0 Å². The quantitative estimate of drug-likeness (QED) is 0.731. The van der Waals surface area contributed by atoms with Crippen molar-refractivity contribution >= 4 is 45.1 Å². The second kappa shape index (κ2) is 6.96. The van der Waals surface area contributed by atoms with Gasteiger partial charge in [0.15, 0.2) is 0 Å². The van der Waals surface area contributed by atoms with Gasteiger partial charge >= 0.3 is 0 Å². The van der Waals surface area contributed by atoms with Gasteiger partial charge in [-0.25, -0.2) is 4.98 Å². The molecule has 0 fully saturated rings. The molecule has 2 heterocycles. The first-order chi connectivity index (χ1) is 13.0. The van der Waals surface area contributed by atoms with Crippen LogP contribution in [0.1, 0.15) is 35.5 Å². The number of anilines is 1. The van der Waals surface area contributed by atoms with Crippen LogP contribution < -0.4 is 5.32 Å². The summed E-state index contributed by atoms with van der Waals surface area (Å²) in [5.74, 6) is -0.211. The van der Waals surface area contributed by atoms with Gasteiger partial charge in [-0.2, -0.15) is 0 Å². The Balaban J connectivity index is 1.56. The van der Waals surface area contributed by atoms with Crippen LogP contribution in [0.4, 0.5) is 5.69 Å². The predicted octanol–water partition coefficient (Wildman–Crippen LogP) is 4.51. The Kier molecular flexibility index (Phi) is 4.49. The molecule has 2 aromatic carbocycles. The monoisotopic (exact) mass is 377 g/mol. The van der Waals surface area contributed by atoms with Crippen LogP contribution >= 0.6 is 11.3 Å². The zero-order chi connectivity index (χ0) is 19.0. The lowest BCUT2D eigenvalue weighted by atomic mass is 9.93. The minimum Gasteiger partial charge on any atom is -0.326 e. The number of fused-ring (bicyclic) bond motifs is 2. The van der Waals surface area contributed by atoms with Crippen molar-refractivity contribution in [2.75, 3.05) is 5.32 Å². The molecule has 1 atom stereocenters. The molecule has 1 aliphatic rings. The summed E-state index contributed by atoms with van der Waals surface area (Å²) in [6.45, 7) is 3.48. The highest BCUT2D eigenvalue weighted by Gasteiger charge is 2.28. The molecular weight excluding hydrogens is 358 g/mol. The van der Waals surface area contributed by atoms with Gasteiger partial charge in [-0.05, 0) is 42.3 Å². The Morgan fingerprint density at radius 1 is 1.22 bits per heavy atom. The third kappa shape index (κ3) is 3.48. The normalized spacial score (nSPS) is 15.6. The van der Waals surface area contributed by atoms with Crippen LogP contribution in [-0.4, -0.2) is 21.7 Å². The van der Waals surface area contributed by atoms with Crippen molar-refractivity contribution in [2.24, 2.45) is 0 Å². The van der Waals surface area contributed by atoms with Crippen molar-refractivity contribution in [3.05, 3.63) is 64.8 Å². The lowest BCUT2D eigenvalue weighted by Gasteiger charge is -2.32. The average Bonchev–Trinajstić information content (AvgIpc) is 3.01. The number of thiazole rings is 1. The van der Waals surface area contributed by atoms with Gasteiger partial charge in [0.2, 0.25) is 11.8 Å². The Hall–Kier alpha value is -2.99. The third-order valence-corrected chi connectivity index (χ3v) is 5.56. The van der Waals surface area contributed by atoms with Crippen molar-refractivity contribution in [3.8, 4) is 0 Å². The van der Waals surface area contributed by atoms with Crippen LogP contribution in [0.15, 0.2) is 48.7 Å². The number of benzene rings is 2. The number of hydrogen-bond donors (Lipinski definition) is 1. The molecule has 136 valence electrons. The number of hydrogen-bond acceptors (Lipinski definition) is 4. The van der Waals surface area contributed by atoms with Gasteiger partial charge in [-0.15, -0.1) is 11.3 Å². The van der Waals surface area contributed by atoms with Gasteiger partial charge in [0.1, 0.15) is 0 Å². The number of amides is 2. The minimum atomic E-state index is -0.307. The van der Waals surface area contributed by atoms with Gasteiger partial charge in [0.25, 0.3) is 0 Å². The number of carbonyl (C=O) groups excluding carboxylic acids is 2. The van der Waals surface area contributed by atoms with Crippen LogP contribution in [0.3, 0.4) is 0 Å². The summed E-state index contributed by atoms with van der Waals surface area (Å²) in [4.78, 5) is 30.8. The van der Waals surface area contributed by atoms with E-state index in [1.807, 2.05) is 55.5 Å². The van der Waals surface area contributed by atoms with Crippen molar-refractivity contribution in [2.45, 2.75) is 26.3 Å². The maximum atomic E-state index is 12.7. The standard InChI is InChI=1S/C21H19N3O2S/c1-13-22-18-8-7-16(11-20(18)27-13)23-21(26)12-19-17-6-4-3-5-15(17)9-10-24(19)14(2)25/h3-11,19H,12H2,1-2H3,(H,23,26)/t19-/m1/s1. The van der Waals surface area contributed by atoms with Gasteiger partial charge < -0.3 is 10.2 Å². The topological polar surface area (TPSA) is 62.3 Å². The molecule has 0 saturated heterocycles. The van der Waals surface area contributed by atoms with Crippen LogP contribution in [0.5, 0.6) is 0 Å². The molecule has 1 N–H and O–H groups in total. The molecule has 0 unspecified atom stereocenters. The molecular formula is C21H19N3O2S. The van der Waals surface area contributed by atoms with Crippen LogP contribution in [-0.2, 0) is 9.59 Å². The summed E-state index contributed by atoms with van der Waals surface area (Å²) >= 11 is 1.60. The first kappa shape index (κ1) is 17.4. The molecule has 0 aliphatic carbocycles. The third-order valence-electron chi connectivity index (χ3n) is 4.63. The molecule has 0 spiro atoms. The predicted molar refractivity (Wildman–Crippen MR) is 108 cm³/mol. The fourth-order valence-corrected chi connectivity index (χ4v) is 4.28. The van der Waals surface area contributed by atoms with E-state index < -0.39 is 0 Å². The lowest BCUT2D eigenvalue weighted by Crippen LogP contribution is -2.33. The summed E-state index contributed by atoms with van der Waals surface area (Å²) in [6, 6.07) is 13.3. The molecule has 0 saturated carbocycles. The second-order valence-electron chi connectivity index (χ2n) is 6.55. The second-order valence-corrected chi connectivity index (χ2v) is 7.79. The maximum absolute atomic E-state index is 12.7. The van der Waals surface area contributed by atoms with E-state index in [1.54, 1.807) is 22.4 Å². The molecule has 5 nitrogen and oxygen atoms in total. The van der Waals surface area contributed by atoms with Crippen molar-refractivity contribution in [3.63, 3.8) is 0 Å². The molecule has 1 aromatic heterocycles. The number of aryl methyl sites for hydroxylation is 1. The first-order valence-corrected chi connectivity index (χ1v) is 9.56. The van der Waals surface area contributed by atoms with E-state index in [1.165, 1.54) is 6.92 Å². The van der Waals surface area contributed by atoms with Crippen molar-refractivity contribution in [1.82, 2.24) is 9.88 Å². The SMILES string of the molecule is CC(=O)N1C=Cc2ccccc2[C@H]1CC(=O)Nc1ccc2nc(C)sc2c1. The summed E-state index contributed by atoms with van der Waals surface area (Å²) in [5, 5.41) is 3.96. The number of nitrogens with one attached hydrogen (secondary N) is 1. The molecule has 0 bridgehead atoms. The smallest absolute Gasteiger partial charge is 0.226 e. The molecule has 2 amide bonds. The molecule has 1 aliphatic heterocycles. The van der Waals surface area contributed by atoms with E-state index in [9.17, 15) is 9.59 Å². The van der Waals surface area contributed by atoms with Gasteiger partial charge in [-0.1, -0.05) is 24.3 Å². The van der Waals surface area contributed by atoms with E-state index in [0.717, 1.165) is 32.0 Å². The zero-order valence-corrected chi connectivity index (χ0v) is 15.9. The Morgan fingerprint density at radius 2 is 2.04 bits per heavy atom. The average molecular weight is 377 g/mol. The van der Waals surface area contributed by atoms with E-state index in [-0.39, 0.29) is 24.3 Å². The summed E-state index contributed by atoms with van der Waals surface area (Å²) in [7, 11) is 0. The fraction of sp³-hybridized carbons (Fsp3) is 0.190. The van der Waals surface area contributed by atoms with Crippen molar-refractivity contribution in [1.29, 1.82) is 0 Å². The highest BCUT2D eigenvalue weighted by Crippen LogP contribution is 2.33. The summed E-state index contributed by atoms with van der Waals surface area (Å²) in [5.41, 5.74) is 3.70. The van der Waals surface area contributed by atoms with E-state index >= 15 is 0 Å². The first-order valence-electron chi connectivity index (χ1n) is 8.74. The lowest BCUT2D eigenvalue weighted by molar-refractivity contribution is -0.129. The molecule has 4 rings (SSSR count). The maximum Gasteiger partial charge on any atom is 0.226 e. The zero-order valence-electron chi connectivity index (χ0n) is 15.1. The number of aromatic nitrogens is 1. The summed E-state index contributed by atoms with van der Waals surface area (Å²) < 4.78 is 1.04. The number of nitrogens with zero attached hydrogens (tertiary/aromatic N) is 2. The molecule has 27 heavy (non-hydrogen) atoms. The van der Waals surface area contributed by atoms with Crippen LogP contribution in [0, 0.1) is 6.92 Å². The van der Waals surface area contributed by atoms with Crippen LogP contribution in [0.2, 0.25) is 0 Å².